The molecule has 2 rings (SSSR count). The summed E-state index contributed by atoms with van der Waals surface area (Å²) in [6.07, 6.45) is 3.40. The topological polar surface area (TPSA) is 64.5 Å². The van der Waals surface area contributed by atoms with E-state index in [1.54, 1.807) is 6.20 Å². The Hall–Kier alpha value is -0.910. The van der Waals surface area contributed by atoms with E-state index in [0.29, 0.717) is 0 Å². The van der Waals surface area contributed by atoms with Crippen LogP contribution in [0.25, 0.3) is 0 Å². The van der Waals surface area contributed by atoms with Crippen molar-refractivity contribution in [2.75, 3.05) is 32.8 Å². The predicted octanol–water partition coefficient (Wildman–Crippen LogP) is 0.439. The molecule has 1 aromatic heterocycles. The van der Waals surface area contributed by atoms with Crippen LogP contribution in [0.15, 0.2) is 10.6 Å². The van der Waals surface area contributed by atoms with Crippen LogP contribution in [-0.2, 0) is 17.6 Å². The van der Waals surface area contributed by atoms with E-state index in [2.05, 4.69) is 9.88 Å². The zero-order chi connectivity index (χ0) is 12.1. The van der Waals surface area contributed by atoms with Crippen molar-refractivity contribution in [3.05, 3.63) is 17.8 Å². The van der Waals surface area contributed by atoms with Gasteiger partial charge < -0.3 is 14.9 Å². The van der Waals surface area contributed by atoms with Crippen molar-refractivity contribution in [2.24, 2.45) is 5.73 Å². The Kier molecular flexibility index (Phi) is 4.53. The largest absolute Gasteiger partial charge is 0.446 e. The maximum Gasteiger partial charge on any atom is 0.195 e. The molecule has 1 unspecified atom stereocenters. The molecule has 5 heteroatoms. The van der Waals surface area contributed by atoms with E-state index in [1.165, 1.54) is 0 Å². The lowest BCUT2D eigenvalue weighted by Crippen LogP contribution is -2.37. The van der Waals surface area contributed by atoms with Crippen molar-refractivity contribution in [2.45, 2.75) is 25.8 Å². The van der Waals surface area contributed by atoms with Crippen LogP contribution in [0.1, 0.15) is 18.6 Å². The normalized spacial score (nSPS) is 19.4. The highest BCUT2D eigenvalue weighted by molar-refractivity contribution is 4.96. The molecule has 5 nitrogen and oxygen atoms in total. The van der Waals surface area contributed by atoms with Gasteiger partial charge in [0.1, 0.15) is 5.76 Å². The molecule has 1 aromatic rings. The molecule has 1 aliphatic rings. The first-order chi connectivity index (χ1) is 8.24. The van der Waals surface area contributed by atoms with E-state index in [0.717, 1.165) is 57.3 Å². The lowest BCUT2D eigenvalue weighted by molar-refractivity contribution is 0.0377. The fourth-order valence-electron chi connectivity index (χ4n) is 1.95. The van der Waals surface area contributed by atoms with Gasteiger partial charge in [-0.2, -0.15) is 0 Å². The second-order valence-electron chi connectivity index (χ2n) is 4.61. The van der Waals surface area contributed by atoms with Crippen LogP contribution in [0.2, 0.25) is 0 Å². The second kappa shape index (κ2) is 6.14. The van der Waals surface area contributed by atoms with E-state index in [1.807, 2.05) is 6.92 Å². The van der Waals surface area contributed by atoms with Crippen molar-refractivity contribution in [1.82, 2.24) is 9.88 Å². The summed E-state index contributed by atoms with van der Waals surface area (Å²) in [5, 5.41) is 0. The van der Waals surface area contributed by atoms with E-state index >= 15 is 0 Å². The fraction of sp³-hybridized carbons (Fsp3) is 0.750. The molecule has 1 atom stereocenters. The smallest absolute Gasteiger partial charge is 0.195 e. The number of oxazole rings is 1. The average Bonchev–Trinajstić information content (AvgIpc) is 2.75. The van der Waals surface area contributed by atoms with Crippen LogP contribution in [0, 0.1) is 0 Å². The fourth-order valence-corrected chi connectivity index (χ4v) is 1.95. The Morgan fingerprint density at radius 2 is 2.24 bits per heavy atom. The van der Waals surface area contributed by atoms with Crippen molar-refractivity contribution in [3.8, 4) is 0 Å². The van der Waals surface area contributed by atoms with Crippen LogP contribution in [0.3, 0.4) is 0 Å². The molecule has 0 amide bonds. The van der Waals surface area contributed by atoms with Gasteiger partial charge in [-0.25, -0.2) is 4.98 Å². The summed E-state index contributed by atoms with van der Waals surface area (Å²) in [5.74, 6) is 1.70. The maximum absolute atomic E-state index is 5.71. The summed E-state index contributed by atoms with van der Waals surface area (Å²) in [5.41, 5.74) is 5.71. The molecule has 0 spiro atoms. The molecule has 0 bridgehead atoms. The number of rotatable bonds is 5. The van der Waals surface area contributed by atoms with Gasteiger partial charge in [0.2, 0.25) is 0 Å². The van der Waals surface area contributed by atoms with Gasteiger partial charge in [0.15, 0.2) is 5.89 Å². The summed E-state index contributed by atoms with van der Waals surface area (Å²) in [4.78, 5) is 6.65. The minimum absolute atomic E-state index is 0.120. The molecule has 0 aromatic carbocycles. The van der Waals surface area contributed by atoms with Gasteiger partial charge in [0, 0.05) is 38.5 Å². The molecule has 17 heavy (non-hydrogen) atoms. The molecule has 96 valence electrons. The van der Waals surface area contributed by atoms with E-state index < -0.39 is 0 Å². The standard InChI is InChI=1S/C12H21N3O2/c1-10(13)8-11-9-14-12(17-11)2-3-15-4-6-16-7-5-15/h9-10H,2-8,13H2,1H3. The minimum atomic E-state index is 0.120. The number of nitrogens with two attached hydrogens (primary N) is 1. The van der Waals surface area contributed by atoms with Gasteiger partial charge in [-0.3, -0.25) is 4.90 Å². The van der Waals surface area contributed by atoms with Gasteiger partial charge in [-0.1, -0.05) is 0 Å². The van der Waals surface area contributed by atoms with Crippen molar-refractivity contribution >= 4 is 0 Å². The minimum Gasteiger partial charge on any atom is -0.446 e. The Morgan fingerprint density at radius 1 is 1.47 bits per heavy atom. The molecule has 0 saturated carbocycles. The van der Waals surface area contributed by atoms with Crippen LogP contribution >= 0.6 is 0 Å². The SMILES string of the molecule is CC(N)Cc1cnc(CCN2CCOCC2)o1. The number of hydrogen-bond acceptors (Lipinski definition) is 5. The second-order valence-corrected chi connectivity index (χ2v) is 4.61. The zero-order valence-corrected chi connectivity index (χ0v) is 10.4. The highest BCUT2D eigenvalue weighted by Gasteiger charge is 2.12. The van der Waals surface area contributed by atoms with Crippen molar-refractivity contribution < 1.29 is 9.15 Å². The third kappa shape index (κ3) is 4.11. The molecular weight excluding hydrogens is 218 g/mol. The first-order valence-electron chi connectivity index (χ1n) is 6.23. The average molecular weight is 239 g/mol. The number of morpholine rings is 1. The molecule has 0 aliphatic carbocycles. The first kappa shape index (κ1) is 12.5. The summed E-state index contributed by atoms with van der Waals surface area (Å²) >= 11 is 0. The van der Waals surface area contributed by atoms with Gasteiger partial charge in [0.25, 0.3) is 0 Å². The highest BCUT2D eigenvalue weighted by Crippen LogP contribution is 2.07. The van der Waals surface area contributed by atoms with Crippen LogP contribution in [-0.4, -0.2) is 48.8 Å². The number of nitrogens with zero attached hydrogens (tertiary/aromatic N) is 2. The van der Waals surface area contributed by atoms with Crippen molar-refractivity contribution in [3.63, 3.8) is 0 Å². The Morgan fingerprint density at radius 3 is 2.94 bits per heavy atom. The van der Waals surface area contributed by atoms with Crippen LogP contribution < -0.4 is 5.73 Å². The van der Waals surface area contributed by atoms with Gasteiger partial charge in [0.05, 0.1) is 19.4 Å². The van der Waals surface area contributed by atoms with Crippen molar-refractivity contribution in [1.29, 1.82) is 0 Å². The molecule has 1 saturated heterocycles. The molecular formula is C12H21N3O2. The van der Waals surface area contributed by atoms with Crippen LogP contribution in [0.5, 0.6) is 0 Å². The molecule has 2 heterocycles. The number of aromatic nitrogens is 1. The quantitative estimate of drug-likeness (QED) is 0.807. The third-order valence-electron chi connectivity index (χ3n) is 2.87. The Balaban J connectivity index is 1.76. The lowest BCUT2D eigenvalue weighted by Gasteiger charge is -2.25. The summed E-state index contributed by atoms with van der Waals surface area (Å²) < 4.78 is 10.9. The van der Waals surface area contributed by atoms with Gasteiger partial charge in [-0.15, -0.1) is 0 Å². The zero-order valence-electron chi connectivity index (χ0n) is 10.4. The molecule has 1 fully saturated rings. The number of hydrogen-bond donors (Lipinski definition) is 1. The summed E-state index contributed by atoms with van der Waals surface area (Å²) in [7, 11) is 0. The van der Waals surface area contributed by atoms with E-state index in [9.17, 15) is 0 Å². The Bertz CT molecular complexity index is 332. The first-order valence-corrected chi connectivity index (χ1v) is 6.23. The van der Waals surface area contributed by atoms with E-state index in [-0.39, 0.29) is 6.04 Å². The van der Waals surface area contributed by atoms with E-state index in [4.69, 9.17) is 14.9 Å². The van der Waals surface area contributed by atoms with Gasteiger partial charge in [-0.05, 0) is 6.92 Å². The molecule has 2 N–H and O–H groups in total. The Labute approximate surface area is 102 Å². The molecule has 1 aliphatic heterocycles. The third-order valence-corrected chi connectivity index (χ3v) is 2.87. The highest BCUT2D eigenvalue weighted by atomic mass is 16.5. The van der Waals surface area contributed by atoms with Gasteiger partial charge >= 0.3 is 0 Å². The lowest BCUT2D eigenvalue weighted by atomic mass is 10.2. The van der Waals surface area contributed by atoms with Crippen LogP contribution in [0.4, 0.5) is 0 Å². The number of ether oxygens (including phenoxy) is 1. The monoisotopic (exact) mass is 239 g/mol. The summed E-state index contributed by atoms with van der Waals surface area (Å²) in [6.45, 7) is 6.64. The maximum atomic E-state index is 5.71. The molecule has 0 radical (unpaired) electrons. The predicted molar refractivity (Wildman–Crippen MR) is 64.8 cm³/mol. The summed E-state index contributed by atoms with van der Waals surface area (Å²) in [6, 6.07) is 0.120.